The molecule has 114 valence electrons. The minimum Gasteiger partial charge on any atom is -0.497 e. The van der Waals surface area contributed by atoms with Crippen LogP contribution >= 0.6 is 12.4 Å². The smallest absolute Gasteiger partial charge is 0.123 e. The van der Waals surface area contributed by atoms with Gasteiger partial charge in [0.05, 0.1) is 14.2 Å². The molecule has 2 rings (SSSR count). The zero-order valence-electron chi connectivity index (χ0n) is 12.5. The van der Waals surface area contributed by atoms with E-state index in [1.54, 1.807) is 14.2 Å². The average molecular weight is 301 g/mol. The minimum absolute atomic E-state index is 0. The maximum Gasteiger partial charge on any atom is 0.123 e. The zero-order chi connectivity index (χ0) is 13.8. The number of benzene rings is 1. The number of hydrogen-bond donors (Lipinski definition) is 1. The molecule has 1 saturated heterocycles. The second-order valence-electron chi connectivity index (χ2n) is 5.32. The third-order valence-corrected chi connectivity index (χ3v) is 3.93. The van der Waals surface area contributed by atoms with Crippen LogP contribution in [0.1, 0.15) is 18.9 Å². The van der Waals surface area contributed by atoms with Gasteiger partial charge in [-0.1, -0.05) is 0 Å². The number of nitrogens with two attached hydrogens (primary N) is 1. The highest BCUT2D eigenvalue weighted by Crippen LogP contribution is 2.28. The molecular formula is C15H25ClN2O2. The Bertz CT molecular complexity index is 426. The first kappa shape index (κ1) is 17.1. The second-order valence-corrected chi connectivity index (χ2v) is 5.32. The van der Waals surface area contributed by atoms with E-state index in [1.165, 1.54) is 12.0 Å². The molecule has 1 aromatic carbocycles. The Morgan fingerprint density at radius 2 is 2.10 bits per heavy atom. The summed E-state index contributed by atoms with van der Waals surface area (Å²) in [5.41, 5.74) is 7.16. The normalized spacial score (nSPS) is 20.3. The fourth-order valence-corrected chi connectivity index (χ4v) is 2.68. The van der Waals surface area contributed by atoms with Crippen LogP contribution in [0.25, 0.3) is 0 Å². The number of methoxy groups -OCH3 is 2. The van der Waals surface area contributed by atoms with Crippen molar-refractivity contribution < 1.29 is 9.47 Å². The van der Waals surface area contributed by atoms with Crippen LogP contribution in [-0.4, -0.2) is 38.3 Å². The summed E-state index contributed by atoms with van der Waals surface area (Å²) in [7, 11) is 3.40. The first-order valence-electron chi connectivity index (χ1n) is 6.83. The van der Waals surface area contributed by atoms with E-state index in [1.807, 2.05) is 12.1 Å². The lowest BCUT2D eigenvalue weighted by atomic mass is 10.0. The quantitative estimate of drug-likeness (QED) is 0.906. The van der Waals surface area contributed by atoms with Crippen LogP contribution in [0.3, 0.4) is 0 Å². The van der Waals surface area contributed by atoms with Crippen LogP contribution in [0, 0.1) is 5.92 Å². The third kappa shape index (κ3) is 4.01. The molecule has 1 fully saturated rings. The Hall–Kier alpha value is -0.970. The predicted octanol–water partition coefficient (Wildman–Crippen LogP) is 2.29. The van der Waals surface area contributed by atoms with Crippen LogP contribution in [-0.2, 0) is 6.54 Å². The number of halogens is 1. The van der Waals surface area contributed by atoms with Crippen molar-refractivity contribution in [3.63, 3.8) is 0 Å². The van der Waals surface area contributed by atoms with Crippen molar-refractivity contribution >= 4 is 12.4 Å². The van der Waals surface area contributed by atoms with Crippen molar-refractivity contribution in [3.05, 3.63) is 23.8 Å². The number of ether oxygens (including phenoxy) is 2. The second kappa shape index (κ2) is 7.72. The molecule has 5 heteroatoms. The van der Waals surface area contributed by atoms with Crippen LogP contribution in [0.4, 0.5) is 0 Å². The topological polar surface area (TPSA) is 47.7 Å². The molecule has 0 spiro atoms. The molecule has 0 amide bonds. The fourth-order valence-electron chi connectivity index (χ4n) is 2.68. The highest BCUT2D eigenvalue weighted by atomic mass is 35.5. The van der Waals surface area contributed by atoms with Gasteiger partial charge in [-0.25, -0.2) is 0 Å². The molecule has 1 aliphatic heterocycles. The first-order chi connectivity index (χ1) is 9.13. The van der Waals surface area contributed by atoms with E-state index in [-0.39, 0.29) is 18.4 Å². The summed E-state index contributed by atoms with van der Waals surface area (Å²) in [5.74, 6) is 2.40. The maximum absolute atomic E-state index is 5.98. The van der Waals surface area contributed by atoms with Gasteiger partial charge < -0.3 is 15.2 Å². The van der Waals surface area contributed by atoms with Gasteiger partial charge in [0.15, 0.2) is 0 Å². The maximum atomic E-state index is 5.98. The highest BCUT2D eigenvalue weighted by molar-refractivity contribution is 5.85. The van der Waals surface area contributed by atoms with Crippen molar-refractivity contribution in [1.82, 2.24) is 4.90 Å². The van der Waals surface area contributed by atoms with Gasteiger partial charge in [-0.05, 0) is 44.0 Å². The van der Waals surface area contributed by atoms with E-state index >= 15 is 0 Å². The summed E-state index contributed by atoms with van der Waals surface area (Å²) in [6.45, 7) is 5.16. The lowest BCUT2D eigenvalue weighted by molar-refractivity contribution is 0.300. The SMILES string of the molecule is COc1ccc(OC)c(CN2CCC(C(C)N)C2)c1.Cl. The van der Waals surface area contributed by atoms with Crippen molar-refractivity contribution in [1.29, 1.82) is 0 Å². The lowest BCUT2D eigenvalue weighted by Gasteiger charge is -2.19. The predicted molar refractivity (Wildman–Crippen MR) is 83.8 cm³/mol. The molecule has 1 aliphatic rings. The molecular weight excluding hydrogens is 276 g/mol. The largest absolute Gasteiger partial charge is 0.497 e. The Labute approximate surface area is 127 Å². The number of nitrogens with zero attached hydrogens (tertiary/aromatic N) is 1. The molecule has 20 heavy (non-hydrogen) atoms. The molecule has 0 aliphatic carbocycles. The number of likely N-dealkylation sites (tertiary alicyclic amines) is 1. The molecule has 2 unspecified atom stereocenters. The molecule has 1 heterocycles. The van der Waals surface area contributed by atoms with E-state index in [0.717, 1.165) is 31.1 Å². The van der Waals surface area contributed by atoms with Gasteiger partial charge in [0.1, 0.15) is 11.5 Å². The van der Waals surface area contributed by atoms with E-state index in [2.05, 4.69) is 17.9 Å². The van der Waals surface area contributed by atoms with Gasteiger partial charge >= 0.3 is 0 Å². The van der Waals surface area contributed by atoms with Gasteiger partial charge in [0.25, 0.3) is 0 Å². The monoisotopic (exact) mass is 300 g/mol. The summed E-state index contributed by atoms with van der Waals surface area (Å²) in [6, 6.07) is 6.22. The Morgan fingerprint density at radius 3 is 2.65 bits per heavy atom. The molecule has 4 nitrogen and oxygen atoms in total. The first-order valence-corrected chi connectivity index (χ1v) is 6.83. The van der Waals surface area contributed by atoms with Gasteiger partial charge in [0.2, 0.25) is 0 Å². The number of rotatable bonds is 5. The van der Waals surface area contributed by atoms with Gasteiger partial charge in [0, 0.05) is 24.7 Å². The summed E-state index contributed by atoms with van der Waals surface area (Å²) in [5, 5.41) is 0. The van der Waals surface area contributed by atoms with Crippen LogP contribution in [0.5, 0.6) is 11.5 Å². The summed E-state index contributed by atoms with van der Waals surface area (Å²) >= 11 is 0. The van der Waals surface area contributed by atoms with Crippen LogP contribution in [0.15, 0.2) is 18.2 Å². The van der Waals surface area contributed by atoms with Crippen molar-refractivity contribution in [3.8, 4) is 11.5 Å². The lowest BCUT2D eigenvalue weighted by Crippen LogP contribution is -2.29. The van der Waals surface area contributed by atoms with Gasteiger partial charge in [-0.2, -0.15) is 0 Å². The Morgan fingerprint density at radius 1 is 1.35 bits per heavy atom. The summed E-state index contributed by atoms with van der Waals surface area (Å²) in [4.78, 5) is 2.44. The Kier molecular flexibility index (Phi) is 6.59. The zero-order valence-corrected chi connectivity index (χ0v) is 13.3. The molecule has 1 aromatic rings. The van der Waals surface area contributed by atoms with E-state index in [0.29, 0.717) is 5.92 Å². The third-order valence-electron chi connectivity index (χ3n) is 3.93. The van der Waals surface area contributed by atoms with E-state index < -0.39 is 0 Å². The summed E-state index contributed by atoms with van der Waals surface area (Å²) < 4.78 is 10.7. The van der Waals surface area contributed by atoms with Gasteiger partial charge in [-0.3, -0.25) is 4.90 Å². The van der Waals surface area contributed by atoms with Crippen molar-refractivity contribution in [2.24, 2.45) is 11.7 Å². The van der Waals surface area contributed by atoms with E-state index in [9.17, 15) is 0 Å². The fraction of sp³-hybridized carbons (Fsp3) is 0.600. The van der Waals surface area contributed by atoms with Crippen molar-refractivity contribution in [2.75, 3.05) is 27.3 Å². The van der Waals surface area contributed by atoms with Crippen molar-refractivity contribution in [2.45, 2.75) is 25.9 Å². The van der Waals surface area contributed by atoms with Crippen LogP contribution < -0.4 is 15.2 Å². The molecule has 2 N–H and O–H groups in total. The standard InChI is InChI=1S/C15H24N2O2.ClH/c1-11(16)12-6-7-17(9-12)10-13-8-14(18-2)4-5-15(13)19-3;/h4-5,8,11-12H,6-7,9-10,16H2,1-3H3;1H. The molecule has 0 aromatic heterocycles. The number of hydrogen-bond acceptors (Lipinski definition) is 4. The van der Waals surface area contributed by atoms with E-state index in [4.69, 9.17) is 15.2 Å². The summed E-state index contributed by atoms with van der Waals surface area (Å²) in [6.07, 6.45) is 1.18. The molecule has 2 atom stereocenters. The van der Waals surface area contributed by atoms with Crippen LogP contribution in [0.2, 0.25) is 0 Å². The average Bonchev–Trinajstić information content (AvgIpc) is 2.87. The highest BCUT2D eigenvalue weighted by Gasteiger charge is 2.25. The minimum atomic E-state index is 0. The molecule has 0 bridgehead atoms. The van der Waals surface area contributed by atoms with Gasteiger partial charge in [-0.15, -0.1) is 12.4 Å². The Balaban J connectivity index is 0.00000200. The molecule has 0 saturated carbocycles. The molecule has 0 radical (unpaired) electrons.